The Hall–Kier alpha value is -1.14. The molecule has 4 nitrogen and oxygen atoms in total. The van der Waals surface area contributed by atoms with Crippen LogP contribution in [0.3, 0.4) is 0 Å². The Balaban J connectivity index is 2.74. The highest BCUT2D eigenvalue weighted by molar-refractivity contribution is 6.30. The fourth-order valence-corrected chi connectivity index (χ4v) is 1.39. The second-order valence-electron chi connectivity index (χ2n) is 3.10. The highest BCUT2D eigenvalue weighted by Gasteiger charge is 2.20. The Bertz CT molecular complexity index is 357. The Kier molecular flexibility index (Phi) is 4.70. The van der Waals surface area contributed by atoms with E-state index in [2.05, 4.69) is 4.98 Å². The predicted molar refractivity (Wildman–Crippen MR) is 54.8 cm³/mol. The van der Waals surface area contributed by atoms with Gasteiger partial charge in [-0.15, -0.1) is 0 Å². The maximum atomic E-state index is 12.2. The van der Waals surface area contributed by atoms with E-state index in [9.17, 15) is 13.6 Å². The van der Waals surface area contributed by atoms with E-state index in [1.54, 1.807) is 0 Å². The van der Waals surface area contributed by atoms with Crippen molar-refractivity contribution in [3.8, 4) is 0 Å². The number of aliphatic hydroxyl groups is 1. The first-order valence-electron chi connectivity index (χ1n) is 4.56. The summed E-state index contributed by atoms with van der Waals surface area (Å²) in [4.78, 5) is 15.1. The number of hydrogen-bond donors (Lipinski definition) is 2. The van der Waals surface area contributed by atoms with Crippen molar-refractivity contribution in [1.82, 2.24) is 9.88 Å². The largest absolute Gasteiger partial charge is 0.395 e. The topological polar surface area (TPSA) is 56.3 Å². The van der Waals surface area contributed by atoms with E-state index in [0.717, 1.165) is 4.90 Å². The molecule has 0 radical (unpaired) electrons. The molecule has 0 fully saturated rings. The Morgan fingerprint density at radius 3 is 2.75 bits per heavy atom. The van der Waals surface area contributed by atoms with Gasteiger partial charge in [0.15, 0.2) is 0 Å². The van der Waals surface area contributed by atoms with Crippen molar-refractivity contribution in [2.75, 3.05) is 19.7 Å². The molecule has 2 N–H and O–H groups in total. The molecule has 16 heavy (non-hydrogen) atoms. The molecule has 1 heterocycles. The third-order valence-electron chi connectivity index (χ3n) is 1.89. The molecule has 90 valence electrons. The van der Waals surface area contributed by atoms with Crippen LogP contribution in [0, 0.1) is 0 Å². The Morgan fingerprint density at radius 2 is 2.31 bits per heavy atom. The van der Waals surface area contributed by atoms with Crippen molar-refractivity contribution in [2.24, 2.45) is 0 Å². The summed E-state index contributed by atoms with van der Waals surface area (Å²) in [6.07, 6.45) is -1.25. The highest BCUT2D eigenvalue weighted by atomic mass is 35.5. The summed E-state index contributed by atoms with van der Waals surface area (Å²) in [5.41, 5.74) is 0.124. The van der Waals surface area contributed by atoms with Crippen LogP contribution in [0.15, 0.2) is 12.3 Å². The number of carbonyl (C=O) groups is 1. The van der Waals surface area contributed by atoms with Crippen molar-refractivity contribution < 1.29 is 18.7 Å². The van der Waals surface area contributed by atoms with Gasteiger partial charge in [-0.2, -0.15) is 0 Å². The minimum atomic E-state index is -2.64. The van der Waals surface area contributed by atoms with Crippen LogP contribution in [0.1, 0.15) is 10.5 Å². The number of rotatable bonds is 5. The first kappa shape index (κ1) is 12.9. The molecule has 0 aliphatic carbocycles. The van der Waals surface area contributed by atoms with Crippen LogP contribution in [0.5, 0.6) is 0 Å². The summed E-state index contributed by atoms with van der Waals surface area (Å²) < 4.78 is 24.4. The van der Waals surface area contributed by atoms with Gasteiger partial charge in [-0.3, -0.25) is 4.79 Å². The normalized spacial score (nSPS) is 10.8. The van der Waals surface area contributed by atoms with Crippen molar-refractivity contribution in [3.05, 3.63) is 23.0 Å². The molecule has 1 rings (SSSR count). The smallest absolute Gasteiger partial charge is 0.270 e. The van der Waals surface area contributed by atoms with Crippen LogP contribution >= 0.6 is 11.6 Å². The molecule has 1 amide bonds. The summed E-state index contributed by atoms with van der Waals surface area (Å²) in [5, 5.41) is 9.00. The quantitative estimate of drug-likeness (QED) is 0.832. The van der Waals surface area contributed by atoms with E-state index in [4.69, 9.17) is 16.7 Å². The second kappa shape index (κ2) is 5.81. The number of aromatic nitrogens is 1. The van der Waals surface area contributed by atoms with Gasteiger partial charge in [-0.25, -0.2) is 8.78 Å². The van der Waals surface area contributed by atoms with Crippen LogP contribution in [-0.4, -0.2) is 47.0 Å². The van der Waals surface area contributed by atoms with Gasteiger partial charge in [0.25, 0.3) is 12.3 Å². The van der Waals surface area contributed by atoms with E-state index >= 15 is 0 Å². The first-order valence-corrected chi connectivity index (χ1v) is 4.94. The van der Waals surface area contributed by atoms with Gasteiger partial charge in [0.05, 0.1) is 18.2 Å². The highest BCUT2D eigenvalue weighted by Crippen LogP contribution is 2.12. The third kappa shape index (κ3) is 3.46. The molecule has 7 heteroatoms. The van der Waals surface area contributed by atoms with Crippen LogP contribution < -0.4 is 0 Å². The molecule has 0 aliphatic rings. The molecule has 0 saturated carbocycles. The van der Waals surface area contributed by atoms with Crippen molar-refractivity contribution in [1.29, 1.82) is 0 Å². The molecule has 1 aromatic rings. The Labute approximate surface area is 95.8 Å². The number of nitrogens with zero attached hydrogens (tertiary/aromatic N) is 1. The lowest BCUT2D eigenvalue weighted by Crippen LogP contribution is -2.37. The van der Waals surface area contributed by atoms with E-state index in [-0.39, 0.29) is 18.8 Å². The van der Waals surface area contributed by atoms with Crippen molar-refractivity contribution in [2.45, 2.75) is 6.43 Å². The standard InChI is InChI=1S/C9H11ClF2N2O2/c10-6-3-7(13-4-6)9(16)14(1-2-15)5-8(11)12/h3-4,8,13,15H,1-2,5H2. The molecule has 0 bridgehead atoms. The lowest BCUT2D eigenvalue weighted by atomic mass is 10.3. The van der Waals surface area contributed by atoms with Crippen LogP contribution in [0.25, 0.3) is 0 Å². The predicted octanol–water partition coefficient (Wildman–Crippen LogP) is 1.37. The zero-order valence-electron chi connectivity index (χ0n) is 8.29. The minimum Gasteiger partial charge on any atom is -0.395 e. The monoisotopic (exact) mass is 252 g/mol. The summed E-state index contributed by atoms with van der Waals surface area (Å²) >= 11 is 5.59. The van der Waals surface area contributed by atoms with Crippen LogP contribution in [0.4, 0.5) is 8.78 Å². The zero-order valence-corrected chi connectivity index (χ0v) is 9.05. The number of aliphatic hydroxyl groups excluding tert-OH is 1. The van der Waals surface area contributed by atoms with Crippen molar-refractivity contribution in [3.63, 3.8) is 0 Å². The molecule has 1 aromatic heterocycles. The van der Waals surface area contributed by atoms with Gasteiger partial charge >= 0.3 is 0 Å². The number of hydrogen-bond acceptors (Lipinski definition) is 2. The summed E-state index contributed by atoms with van der Waals surface area (Å²) in [7, 11) is 0. The maximum Gasteiger partial charge on any atom is 0.270 e. The number of halogens is 3. The summed E-state index contributed by atoms with van der Waals surface area (Å²) in [6.45, 7) is -1.22. The second-order valence-corrected chi connectivity index (χ2v) is 3.53. The number of H-pyrrole nitrogens is 1. The average molecular weight is 253 g/mol. The Morgan fingerprint density at radius 1 is 1.62 bits per heavy atom. The first-order chi connectivity index (χ1) is 7.54. The van der Waals surface area contributed by atoms with E-state index in [1.807, 2.05) is 0 Å². The number of alkyl halides is 2. The zero-order chi connectivity index (χ0) is 12.1. The van der Waals surface area contributed by atoms with Crippen LogP contribution in [-0.2, 0) is 0 Å². The van der Waals surface area contributed by atoms with Crippen molar-refractivity contribution >= 4 is 17.5 Å². The van der Waals surface area contributed by atoms with Gasteiger partial charge in [-0.05, 0) is 6.07 Å². The molecule has 0 spiro atoms. The SMILES string of the molecule is O=C(c1cc(Cl)c[nH]1)N(CCO)CC(F)F. The lowest BCUT2D eigenvalue weighted by Gasteiger charge is -2.20. The molecule has 0 aliphatic heterocycles. The summed E-state index contributed by atoms with van der Waals surface area (Å²) in [5.74, 6) is -0.610. The maximum absolute atomic E-state index is 12.2. The van der Waals surface area contributed by atoms with Gasteiger partial charge in [-0.1, -0.05) is 11.6 Å². The van der Waals surface area contributed by atoms with E-state index in [1.165, 1.54) is 12.3 Å². The molecule has 0 unspecified atom stereocenters. The summed E-state index contributed by atoms with van der Waals surface area (Å²) in [6, 6.07) is 1.35. The van der Waals surface area contributed by atoms with Gasteiger partial charge < -0.3 is 15.0 Å². The van der Waals surface area contributed by atoms with Gasteiger partial charge in [0.1, 0.15) is 5.69 Å². The lowest BCUT2D eigenvalue weighted by molar-refractivity contribution is 0.0505. The molecular weight excluding hydrogens is 242 g/mol. The molecule has 0 saturated heterocycles. The van der Waals surface area contributed by atoms with Crippen LogP contribution in [0.2, 0.25) is 5.02 Å². The fourth-order valence-electron chi connectivity index (χ4n) is 1.22. The third-order valence-corrected chi connectivity index (χ3v) is 2.11. The van der Waals surface area contributed by atoms with Gasteiger partial charge in [0.2, 0.25) is 0 Å². The number of carbonyl (C=O) groups excluding carboxylic acids is 1. The average Bonchev–Trinajstić information content (AvgIpc) is 2.62. The molecular formula is C9H11ClF2N2O2. The number of amides is 1. The van der Waals surface area contributed by atoms with Gasteiger partial charge in [0, 0.05) is 12.7 Å². The number of aromatic amines is 1. The minimum absolute atomic E-state index is 0.124. The van der Waals surface area contributed by atoms with E-state index < -0.39 is 18.9 Å². The number of nitrogens with one attached hydrogen (secondary N) is 1. The molecule has 0 atom stereocenters. The molecule has 0 aromatic carbocycles. The van der Waals surface area contributed by atoms with E-state index in [0.29, 0.717) is 5.02 Å². The fraction of sp³-hybridized carbons (Fsp3) is 0.444.